The van der Waals surface area contributed by atoms with Crippen LogP contribution >= 0.6 is 39.5 Å². The molecule has 0 atom stereocenters. The maximum absolute atomic E-state index is 12.3. The number of thiophene rings is 1. The molecule has 11 heteroatoms. The van der Waals surface area contributed by atoms with Crippen molar-refractivity contribution in [3.8, 4) is 0 Å². The second-order valence-corrected chi connectivity index (χ2v) is 11.4. The SMILES string of the molecule is O=C(NNC(=S)NC1CCCCC1)c1ccc(NS(=O)(=O)c2ccc(Br)s2)cc1. The molecule has 29 heavy (non-hydrogen) atoms. The van der Waals surface area contributed by atoms with E-state index in [2.05, 4.69) is 36.8 Å². The molecule has 0 radical (unpaired) electrons. The van der Waals surface area contributed by atoms with E-state index in [0.29, 0.717) is 22.4 Å². The molecule has 1 aromatic carbocycles. The minimum absolute atomic E-state index is 0.203. The summed E-state index contributed by atoms with van der Waals surface area (Å²) in [6, 6.07) is 9.69. The number of carbonyl (C=O) groups excluding carboxylic acids is 1. The van der Waals surface area contributed by atoms with Crippen molar-refractivity contribution in [2.75, 3.05) is 4.72 Å². The smallest absolute Gasteiger partial charge is 0.271 e. The maximum Gasteiger partial charge on any atom is 0.271 e. The molecule has 0 aliphatic heterocycles. The maximum atomic E-state index is 12.3. The minimum Gasteiger partial charge on any atom is -0.359 e. The lowest BCUT2D eigenvalue weighted by Gasteiger charge is -2.24. The Morgan fingerprint density at radius 2 is 1.72 bits per heavy atom. The monoisotopic (exact) mass is 516 g/mol. The van der Waals surface area contributed by atoms with Crippen LogP contribution in [-0.4, -0.2) is 25.5 Å². The molecule has 1 aliphatic carbocycles. The van der Waals surface area contributed by atoms with Gasteiger partial charge in [-0.05, 0) is 77.4 Å². The molecule has 1 saturated carbocycles. The quantitative estimate of drug-likeness (QED) is 0.356. The van der Waals surface area contributed by atoms with Gasteiger partial charge in [-0.15, -0.1) is 11.3 Å². The van der Waals surface area contributed by atoms with Crippen LogP contribution in [0.1, 0.15) is 42.5 Å². The van der Waals surface area contributed by atoms with Gasteiger partial charge in [-0.1, -0.05) is 19.3 Å². The third-order valence-corrected chi connectivity index (χ3v) is 8.16. The fraction of sp³-hybridized carbons (Fsp3) is 0.333. The van der Waals surface area contributed by atoms with Gasteiger partial charge < -0.3 is 5.32 Å². The number of sulfonamides is 1. The fourth-order valence-corrected chi connectivity index (χ4v) is 6.28. The lowest BCUT2D eigenvalue weighted by Crippen LogP contribution is -2.50. The van der Waals surface area contributed by atoms with Crippen LogP contribution in [0.2, 0.25) is 0 Å². The van der Waals surface area contributed by atoms with E-state index in [4.69, 9.17) is 12.2 Å². The zero-order chi connectivity index (χ0) is 20.9. The highest BCUT2D eigenvalue weighted by molar-refractivity contribution is 9.11. The van der Waals surface area contributed by atoms with Crippen LogP contribution in [0, 0.1) is 0 Å². The summed E-state index contributed by atoms with van der Waals surface area (Å²) >= 11 is 9.59. The van der Waals surface area contributed by atoms with Crippen LogP contribution in [0.5, 0.6) is 0 Å². The van der Waals surface area contributed by atoms with Crippen molar-refractivity contribution in [2.24, 2.45) is 0 Å². The van der Waals surface area contributed by atoms with E-state index in [-0.39, 0.29) is 10.1 Å². The van der Waals surface area contributed by atoms with Crippen LogP contribution in [-0.2, 0) is 10.0 Å². The van der Waals surface area contributed by atoms with E-state index >= 15 is 0 Å². The van der Waals surface area contributed by atoms with Gasteiger partial charge in [-0.3, -0.25) is 20.4 Å². The molecule has 3 rings (SSSR count). The summed E-state index contributed by atoms with van der Waals surface area (Å²) in [6.07, 6.45) is 5.79. The first-order chi connectivity index (χ1) is 13.8. The Hall–Kier alpha value is -1.69. The summed E-state index contributed by atoms with van der Waals surface area (Å²) in [4.78, 5) is 12.3. The number of anilines is 1. The van der Waals surface area contributed by atoms with E-state index in [9.17, 15) is 13.2 Å². The van der Waals surface area contributed by atoms with Crippen molar-refractivity contribution >= 4 is 66.2 Å². The predicted octanol–water partition coefficient (Wildman–Crippen LogP) is 3.75. The molecule has 0 unspecified atom stereocenters. The summed E-state index contributed by atoms with van der Waals surface area (Å²) in [5.41, 5.74) is 6.00. The Balaban J connectivity index is 1.51. The fourth-order valence-electron chi connectivity index (χ4n) is 2.99. The number of amides is 1. The largest absolute Gasteiger partial charge is 0.359 e. The predicted molar refractivity (Wildman–Crippen MR) is 122 cm³/mol. The van der Waals surface area contributed by atoms with Gasteiger partial charge in [0.05, 0.1) is 3.79 Å². The van der Waals surface area contributed by atoms with Crippen LogP contribution in [0.3, 0.4) is 0 Å². The first-order valence-corrected chi connectivity index (χ1v) is 12.6. The molecule has 1 fully saturated rings. The number of thiocarbonyl (C=S) groups is 1. The van der Waals surface area contributed by atoms with Crippen LogP contribution in [0.25, 0.3) is 0 Å². The topological polar surface area (TPSA) is 99.3 Å². The Morgan fingerprint density at radius 1 is 1.03 bits per heavy atom. The summed E-state index contributed by atoms with van der Waals surface area (Å²) in [7, 11) is -3.66. The highest BCUT2D eigenvalue weighted by Crippen LogP contribution is 2.27. The van der Waals surface area contributed by atoms with Crippen LogP contribution < -0.4 is 20.9 Å². The molecule has 4 N–H and O–H groups in total. The molecule has 0 saturated heterocycles. The van der Waals surface area contributed by atoms with Crippen LogP contribution in [0.4, 0.5) is 5.69 Å². The van der Waals surface area contributed by atoms with Gasteiger partial charge in [-0.2, -0.15) is 0 Å². The third-order valence-electron chi connectivity index (χ3n) is 4.44. The number of halogens is 1. The number of hydrogen-bond acceptors (Lipinski definition) is 5. The molecule has 1 amide bonds. The van der Waals surface area contributed by atoms with Crippen molar-refractivity contribution < 1.29 is 13.2 Å². The van der Waals surface area contributed by atoms with E-state index in [1.807, 2.05) is 0 Å². The van der Waals surface area contributed by atoms with Crippen molar-refractivity contribution in [1.82, 2.24) is 16.2 Å². The number of nitrogens with one attached hydrogen (secondary N) is 4. The first kappa shape index (κ1) is 22.0. The molecule has 156 valence electrons. The Morgan fingerprint density at radius 3 is 2.34 bits per heavy atom. The molecule has 1 heterocycles. The first-order valence-electron chi connectivity index (χ1n) is 9.08. The summed E-state index contributed by atoms with van der Waals surface area (Å²) in [6.45, 7) is 0. The molecule has 1 aliphatic rings. The Bertz CT molecular complexity index is 970. The van der Waals surface area contributed by atoms with Crippen molar-refractivity contribution in [1.29, 1.82) is 0 Å². The van der Waals surface area contributed by atoms with Gasteiger partial charge in [0.15, 0.2) is 5.11 Å². The van der Waals surface area contributed by atoms with Crippen molar-refractivity contribution in [2.45, 2.75) is 42.4 Å². The zero-order valence-electron chi connectivity index (χ0n) is 15.4. The average molecular weight is 517 g/mol. The van der Waals surface area contributed by atoms with E-state index in [1.54, 1.807) is 6.07 Å². The van der Waals surface area contributed by atoms with E-state index < -0.39 is 10.0 Å². The third kappa shape index (κ3) is 6.39. The number of rotatable bonds is 5. The standard InChI is InChI=1S/C18H21BrN4O3S3/c19-15-10-11-16(28-15)29(25,26)23-14-8-6-12(7-9-14)17(24)21-22-18(27)20-13-4-2-1-3-5-13/h6-11,13,23H,1-5H2,(H,21,24)(H2,20,22,27). The van der Waals surface area contributed by atoms with Gasteiger partial charge in [0.1, 0.15) is 4.21 Å². The molecule has 1 aromatic heterocycles. The molecule has 0 spiro atoms. The molecular formula is C18H21BrN4O3S3. The number of benzene rings is 1. The molecule has 2 aromatic rings. The highest BCUT2D eigenvalue weighted by atomic mass is 79.9. The Kier molecular flexibility index (Phi) is 7.49. The Labute approximate surface area is 187 Å². The summed E-state index contributed by atoms with van der Waals surface area (Å²) in [5.74, 6) is -0.366. The van der Waals surface area contributed by atoms with E-state index in [0.717, 1.165) is 28.0 Å². The second kappa shape index (κ2) is 9.88. The lowest BCUT2D eigenvalue weighted by molar-refractivity contribution is 0.0943. The number of hydrogen-bond donors (Lipinski definition) is 4. The normalized spacial score (nSPS) is 14.8. The molecular weight excluding hydrogens is 496 g/mol. The minimum atomic E-state index is -3.66. The van der Waals surface area contributed by atoms with Gasteiger partial charge in [0, 0.05) is 17.3 Å². The van der Waals surface area contributed by atoms with Crippen molar-refractivity contribution in [3.05, 3.63) is 45.7 Å². The lowest BCUT2D eigenvalue weighted by atomic mass is 9.96. The number of carbonyl (C=O) groups is 1. The number of hydrazine groups is 1. The van der Waals surface area contributed by atoms with Gasteiger partial charge in [-0.25, -0.2) is 8.42 Å². The second-order valence-electron chi connectivity index (χ2n) is 6.63. The average Bonchev–Trinajstić information content (AvgIpc) is 3.15. The molecule has 0 bridgehead atoms. The van der Waals surface area contributed by atoms with Gasteiger partial charge >= 0.3 is 0 Å². The summed E-state index contributed by atoms with van der Waals surface area (Å²) < 4.78 is 28.1. The summed E-state index contributed by atoms with van der Waals surface area (Å²) in [5, 5.41) is 3.59. The van der Waals surface area contributed by atoms with E-state index in [1.165, 1.54) is 49.6 Å². The van der Waals surface area contributed by atoms with Gasteiger partial charge in [0.25, 0.3) is 15.9 Å². The molecule has 7 nitrogen and oxygen atoms in total. The van der Waals surface area contributed by atoms with Crippen LogP contribution in [0.15, 0.2) is 44.4 Å². The highest BCUT2D eigenvalue weighted by Gasteiger charge is 2.17. The van der Waals surface area contributed by atoms with Gasteiger partial charge in [0.2, 0.25) is 0 Å². The van der Waals surface area contributed by atoms with Crippen molar-refractivity contribution in [3.63, 3.8) is 0 Å². The zero-order valence-corrected chi connectivity index (χ0v) is 19.4.